The second kappa shape index (κ2) is 14.2. The van der Waals surface area contributed by atoms with E-state index >= 15 is 8.63 Å². The molecule has 296 valence electrons. The van der Waals surface area contributed by atoms with E-state index in [1.165, 1.54) is 49.3 Å². The van der Waals surface area contributed by atoms with Gasteiger partial charge in [-0.2, -0.15) is 0 Å². The molecule has 4 nitrogen and oxygen atoms in total. The summed E-state index contributed by atoms with van der Waals surface area (Å²) in [6, 6.07) is 42.5. The number of aromatic amines is 1. The van der Waals surface area contributed by atoms with E-state index in [0.717, 1.165) is 80.5 Å². The van der Waals surface area contributed by atoms with Crippen molar-refractivity contribution >= 4 is 75.0 Å². The van der Waals surface area contributed by atoms with Crippen molar-refractivity contribution in [1.82, 2.24) is 9.46 Å². The molecule has 4 aliphatic heterocycles. The van der Waals surface area contributed by atoms with Crippen LogP contribution < -0.4 is 10.7 Å². The minimum Gasteiger partial charge on any atom is -0.396 e. The number of thiophene rings is 2. The van der Waals surface area contributed by atoms with Gasteiger partial charge in [-0.25, -0.2) is 4.99 Å². The molecular weight excluding hydrogens is 794 g/mol. The molecule has 0 saturated carbocycles. The van der Waals surface area contributed by atoms with Crippen LogP contribution >= 0.6 is 22.7 Å². The first kappa shape index (κ1) is 37.3. The third kappa shape index (κ3) is 6.13. The number of hydrogen-bond donors (Lipinski definition) is 1. The molecule has 4 aliphatic rings. The number of nitrogens with zero attached hydrogens (tertiary/aromatic N) is 3. The average molecular weight is 833 g/mol. The lowest BCUT2D eigenvalue weighted by Crippen LogP contribution is -2.49. The van der Waals surface area contributed by atoms with E-state index in [0.29, 0.717) is 11.4 Å². The van der Waals surface area contributed by atoms with Crippen molar-refractivity contribution < 1.29 is 13.1 Å². The quantitative estimate of drug-likeness (QED) is 0.172. The van der Waals surface area contributed by atoms with Gasteiger partial charge >= 0.3 is 6.97 Å². The van der Waals surface area contributed by atoms with Crippen LogP contribution in [0.4, 0.5) is 8.63 Å². The molecule has 4 aromatic heterocycles. The molecule has 8 bridgehead atoms. The van der Waals surface area contributed by atoms with E-state index < -0.39 is 6.97 Å². The van der Waals surface area contributed by atoms with Crippen molar-refractivity contribution in [2.24, 2.45) is 4.99 Å². The van der Waals surface area contributed by atoms with Gasteiger partial charge in [-0.05, 0) is 128 Å². The molecule has 9 heteroatoms. The Kier molecular flexibility index (Phi) is 8.70. The smallest absolute Gasteiger partial charge is 0.396 e. The Morgan fingerprint density at radius 3 is 1.72 bits per heavy atom. The van der Waals surface area contributed by atoms with Crippen LogP contribution in [0.1, 0.15) is 72.4 Å². The van der Waals surface area contributed by atoms with E-state index in [4.69, 9.17) is 4.99 Å². The highest BCUT2D eigenvalue weighted by atomic mass is 32.1. The molecule has 3 aromatic carbocycles. The fourth-order valence-corrected chi connectivity index (χ4v) is 11.2. The highest BCUT2D eigenvalue weighted by Crippen LogP contribution is 2.42. The van der Waals surface area contributed by atoms with Crippen LogP contribution in [0, 0.1) is 13.8 Å². The molecule has 8 heterocycles. The molecule has 0 atom stereocenters. The van der Waals surface area contributed by atoms with Crippen LogP contribution in [0.2, 0.25) is 0 Å². The Morgan fingerprint density at radius 2 is 1.08 bits per heavy atom. The lowest BCUT2D eigenvalue weighted by Gasteiger charge is -2.30. The number of benzene rings is 3. The van der Waals surface area contributed by atoms with Gasteiger partial charge in [0, 0.05) is 64.8 Å². The summed E-state index contributed by atoms with van der Waals surface area (Å²) in [4.78, 5) is 14.1. The second-order valence-corrected chi connectivity index (χ2v) is 18.2. The van der Waals surface area contributed by atoms with Gasteiger partial charge < -0.3 is 22.6 Å². The van der Waals surface area contributed by atoms with Crippen molar-refractivity contribution in [2.75, 3.05) is 0 Å². The van der Waals surface area contributed by atoms with Crippen LogP contribution in [0.25, 0.3) is 33.4 Å². The normalized spacial score (nSPS) is 20.8. The van der Waals surface area contributed by atoms with Gasteiger partial charge in [-0.3, -0.25) is 0 Å². The first-order valence-corrected chi connectivity index (χ1v) is 22.1. The molecule has 0 unspecified atom stereocenters. The van der Waals surface area contributed by atoms with Crippen molar-refractivity contribution in [1.29, 1.82) is 0 Å². The van der Waals surface area contributed by atoms with E-state index in [-0.39, 0.29) is 0 Å². The number of fused-ring (bicyclic) bond motifs is 9. The van der Waals surface area contributed by atoms with E-state index in [2.05, 4.69) is 142 Å². The zero-order valence-corrected chi connectivity index (χ0v) is 35.6. The summed E-state index contributed by atoms with van der Waals surface area (Å²) >= 11 is 3.62. The highest BCUT2D eigenvalue weighted by Gasteiger charge is 2.51. The van der Waals surface area contributed by atoms with Crippen LogP contribution in [0.5, 0.6) is 0 Å². The molecule has 0 fully saturated rings. The molecule has 7 aromatic rings. The minimum absolute atomic E-state index is 0.501. The number of aryl methyl sites for hydroxylation is 2. The fourth-order valence-electron chi connectivity index (χ4n) is 8.89. The van der Waals surface area contributed by atoms with Crippen molar-refractivity contribution in [3.8, 4) is 0 Å². The van der Waals surface area contributed by atoms with Crippen molar-refractivity contribution in [2.45, 2.75) is 27.7 Å². The summed E-state index contributed by atoms with van der Waals surface area (Å²) in [6.45, 7) is 4.70. The van der Waals surface area contributed by atoms with E-state index in [1.807, 2.05) is 23.5 Å². The first-order valence-electron chi connectivity index (χ1n) is 20.4. The van der Waals surface area contributed by atoms with Gasteiger partial charge in [-0.15, -0.1) is 22.7 Å². The minimum atomic E-state index is -3.99. The second-order valence-electron chi connectivity index (χ2n) is 16.1. The van der Waals surface area contributed by atoms with E-state index in [9.17, 15) is 0 Å². The summed E-state index contributed by atoms with van der Waals surface area (Å²) < 4.78 is 33.6. The van der Waals surface area contributed by atoms with Gasteiger partial charge in [0.1, 0.15) is 6.21 Å². The number of H-pyrrole nitrogens is 1. The van der Waals surface area contributed by atoms with Crippen LogP contribution in [0.15, 0.2) is 168 Å². The zero-order chi connectivity index (χ0) is 41.6. The van der Waals surface area contributed by atoms with Crippen molar-refractivity contribution in [3.05, 3.63) is 233 Å². The van der Waals surface area contributed by atoms with E-state index in [1.54, 1.807) is 35.6 Å². The summed E-state index contributed by atoms with van der Waals surface area (Å²) in [5.41, 5.74) is 15.7. The molecule has 61 heavy (non-hydrogen) atoms. The van der Waals surface area contributed by atoms with Gasteiger partial charge in [0.2, 0.25) is 0 Å². The lowest BCUT2D eigenvalue weighted by molar-refractivity contribution is -0.356. The Bertz CT molecular complexity index is 3340. The SMILES string of the molecule is C/C1=C(\C)c2ccc(s2)/C(c2ccc(C)cc2)=c2/cc/c([nH]2)=C(\c2ccc(C3=C4C=CC=[N+]4[B-](F)(F)n4cccc43)cc2)C2=N/C(=C(/c3ccc(C)cc3)c3ccc1s3)C=C2. The topological polar surface area (TPSA) is 36.1 Å². The predicted octanol–water partition coefficient (Wildman–Crippen LogP) is 11.4. The summed E-state index contributed by atoms with van der Waals surface area (Å²) in [7, 11) is 0. The molecule has 0 amide bonds. The van der Waals surface area contributed by atoms with Gasteiger partial charge in [-0.1, -0.05) is 83.9 Å². The van der Waals surface area contributed by atoms with Crippen LogP contribution in [-0.2, 0) is 0 Å². The Labute approximate surface area is 361 Å². The molecule has 0 radical (unpaired) electrons. The largest absolute Gasteiger partial charge is 0.737 e. The number of aliphatic imine (C=N–C) groups is 1. The van der Waals surface area contributed by atoms with Crippen LogP contribution in [0.3, 0.4) is 0 Å². The summed E-state index contributed by atoms with van der Waals surface area (Å²) in [5, 5.41) is 1.93. The maximum atomic E-state index is 15.7. The van der Waals surface area contributed by atoms with Gasteiger partial charge in [0.25, 0.3) is 0 Å². The number of rotatable bonds is 4. The number of allylic oxidation sites excluding steroid dienone is 6. The zero-order valence-electron chi connectivity index (χ0n) is 34.0. The fraction of sp³-hybridized carbons (Fsp3) is 0.0769. The van der Waals surface area contributed by atoms with Crippen LogP contribution in [-0.4, -0.2) is 32.8 Å². The highest BCUT2D eigenvalue weighted by molar-refractivity contribution is 7.15. The maximum absolute atomic E-state index is 15.7. The standard InChI is InChI=1S/C52H39BF2N4S2/c1-31-9-13-36(14-10-31)50-41-23-21-39(56-41)49(35-17-19-38(20-18-35)52-43-7-5-29-58(43)53(54,55)59-30-6-8-44(52)59)40-22-24-42(57-40)51(37-15-11-32(2)12-16-37)48-28-26-46(61-48)34(4)33(3)45-25-27-47(50)60-45/h5-30,56H,1-4H3/b34-33-,45-33?,46-34?,49-39-,49-40?,50-41-,50-47?,51-42-,51-48?. The monoisotopic (exact) mass is 832 g/mol. The third-order valence-electron chi connectivity index (χ3n) is 12.3. The maximum Gasteiger partial charge on any atom is 0.737 e. The molecular formula is C52H39BF2N4S2. The van der Waals surface area contributed by atoms with Crippen molar-refractivity contribution in [3.63, 3.8) is 0 Å². The average Bonchev–Trinajstić information content (AvgIpc) is 4.12. The Balaban J connectivity index is 1.17. The molecule has 11 rings (SSSR count). The molecule has 0 saturated heterocycles. The lowest BCUT2D eigenvalue weighted by atomic mass is 9.86. The number of nitrogens with one attached hydrogen (secondary N) is 1. The number of halogens is 2. The number of hydrogen-bond acceptors (Lipinski definition) is 3. The predicted molar refractivity (Wildman–Crippen MR) is 252 cm³/mol. The van der Waals surface area contributed by atoms with Gasteiger partial charge in [0.05, 0.1) is 17.0 Å². The third-order valence-corrected chi connectivity index (χ3v) is 14.7. The molecule has 0 spiro atoms. The number of aromatic nitrogens is 2. The summed E-state index contributed by atoms with van der Waals surface area (Å²) in [6.07, 6.45) is 10.7. The Hall–Kier alpha value is -6.68. The van der Waals surface area contributed by atoms with Gasteiger partial charge in [0.15, 0.2) is 5.70 Å². The Morgan fingerprint density at radius 1 is 0.557 bits per heavy atom. The first-order chi connectivity index (χ1) is 29.6. The molecule has 1 N–H and O–H groups in total. The molecule has 0 aliphatic carbocycles. The summed E-state index contributed by atoms with van der Waals surface area (Å²) in [5.74, 6) is 0.